The number of benzene rings is 2. The Bertz CT molecular complexity index is 1090. The van der Waals surface area contributed by atoms with Gasteiger partial charge in [0.15, 0.2) is 5.69 Å². The van der Waals surface area contributed by atoms with Crippen LogP contribution in [0.4, 0.5) is 0 Å². The largest absolute Gasteiger partial charge is 0.364 e. The van der Waals surface area contributed by atoms with Crippen LogP contribution in [-0.4, -0.2) is 21.7 Å². The highest BCUT2D eigenvalue weighted by atomic mass is 35.5. The quantitative estimate of drug-likeness (QED) is 0.705. The van der Waals surface area contributed by atoms with Crippen LogP contribution >= 0.6 is 23.2 Å². The molecule has 2 amide bonds. The zero-order valence-corrected chi connectivity index (χ0v) is 15.5. The fraction of sp³-hybridized carbons (Fsp3) is 0.105. The summed E-state index contributed by atoms with van der Waals surface area (Å²) < 4.78 is 0. The number of hydrogen-bond donors (Lipinski definition) is 2. The van der Waals surface area contributed by atoms with Crippen molar-refractivity contribution in [3.63, 3.8) is 0 Å². The number of aryl methyl sites for hydroxylation is 1. The highest BCUT2D eigenvalue weighted by Crippen LogP contribution is 2.35. The number of aromatic nitrogens is 2. The van der Waals surface area contributed by atoms with Crippen LogP contribution in [0.2, 0.25) is 10.0 Å². The molecule has 0 aliphatic heterocycles. The van der Waals surface area contributed by atoms with Crippen molar-refractivity contribution in [3.8, 4) is 11.3 Å². The van der Waals surface area contributed by atoms with Crippen LogP contribution in [0.25, 0.3) is 11.3 Å². The third-order valence-electron chi connectivity index (χ3n) is 4.51. The Labute approximate surface area is 164 Å². The van der Waals surface area contributed by atoms with Gasteiger partial charge in [0.2, 0.25) is 0 Å². The molecule has 0 bridgehead atoms. The molecule has 0 saturated heterocycles. The zero-order valence-electron chi connectivity index (χ0n) is 14.0. The zero-order chi connectivity index (χ0) is 19.1. The standard InChI is InChI=1S/C19H14Cl2N4O2/c20-11-6-8-15(21)14(9-11)19(27)24-25-17-12-4-2-1-3-10(12)5-7-13(17)16(23-25)18(22)26/h1-4,6,8-9H,5,7H2,(H2,22,26)(H,24,27). The van der Waals surface area contributed by atoms with E-state index in [9.17, 15) is 9.59 Å². The minimum atomic E-state index is -0.639. The van der Waals surface area contributed by atoms with E-state index in [-0.39, 0.29) is 16.3 Å². The lowest BCUT2D eigenvalue weighted by molar-refractivity contribution is 0.0983. The molecule has 0 atom stereocenters. The van der Waals surface area contributed by atoms with Gasteiger partial charge < -0.3 is 5.73 Å². The van der Waals surface area contributed by atoms with E-state index < -0.39 is 11.8 Å². The summed E-state index contributed by atoms with van der Waals surface area (Å²) in [5, 5.41) is 4.88. The first-order chi connectivity index (χ1) is 13.0. The molecule has 1 aliphatic rings. The maximum absolute atomic E-state index is 12.7. The van der Waals surface area contributed by atoms with Crippen LogP contribution in [0.1, 0.15) is 32.0 Å². The van der Waals surface area contributed by atoms with Crippen molar-refractivity contribution >= 4 is 35.0 Å². The average Bonchev–Trinajstić information content (AvgIpc) is 3.03. The predicted molar refractivity (Wildman–Crippen MR) is 104 cm³/mol. The Kier molecular flexibility index (Phi) is 4.37. The second kappa shape index (κ2) is 6.72. The molecule has 1 aliphatic carbocycles. The number of rotatable bonds is 3. The Morgan fingerprint density at radius 1 is 1.11 bits per heavy atom. The first-order valence-electron chi connectivity index (χ1n) is 8.22. The van der Waals surface area contributed by atoms with Crippen LogP contribution in [-0.2, 0) is 12.8 Å². The van der Waals surface area contributed by atoms with Crippen molar-refractivity contribution in [1.82, 2.24) is 9.89 Å². The fourth-order valence-electron chi connectivity index (χ4n) is 3.30. The van der Waals surface area contributed by atoms with Crippen LogP contribution in [0, 0.1) is 0 Å². The predicted octanol–water partition coefficient (Wildman–Crippen LogP) is 3.44. The lowest BCUT2D eigenvalue weighted by atomic mass is 9.89. The van der Waals surface area contributed by atoms with Crippen LogP contribution in [0.15, 0.2) is 42.5 Å². The highest BCUT2D eigenvalue weighted by molar-refractivity contribution is 6.36. The van der Waals surface area contributed by atoms with Gasteiger partial charge in [0.1, 0.15) is 0 Å². The van der Waals surface area contributed by atoms with Crippen LogP contribution in [0.3, 0.4) is 0 Å². The summed E-state index contributed by atoms with van der Waals surface area (Å²) in [5.41, 5.74) is 11.9. The summed E-state index contributed by atoms with van der Waals surface area (Å²) in [7, 11) is 0. The molecule has 0 spiro atoms. The Balaban J connectivity index is 1.82. The summed E-state index contributed by atoms with van der Waals surface area (Å²) >= 11 is 12.1. The molecule has 4 rings (SSSR count). The fourth-order valence-corrected chi connectivity index (χ4v) is 3.68. The Hall–Kier alpha value is -2.83. The van der Waals surface area contributed by atoms with E-state index in [1.807, 2.05) is 24.3 Å². The molecular weight excluding hydrogens is 387 g/mol. The summed E-state index contributed by atoms with van der Waals surface area (Å²) in [4.78, 5) is 25.9. The normalized spacial score (nSPS) is 12.2. The maximum Gasteiger partial charge on any atom is 0.272 e. The minimum absolute atomic E-state index is 0.150. The molecule has 0 saturated carbocycles. The molecule has 2 aromatic carbocycles. The summed E-state index contributed by atoms with van der Waals surface area (Å²) in [6, 6.07) is 12.4. The number of amides is 2. The van der Waals surface area contributed by atoms with E-state index in [1.54, 1.807) is 12.1 Å². The number of carbonyl (C=O) groups is 2. The molecule has 27 heavy (non-hydrogen) atoms. The van der Waals surface area contributed by atoms with Gasteiger partial charge in [-0.2, -0.15) is 4.79 Å². The molecule has 8 heteroatoms. The second-order valence-corrected chi connectivity index (χ2v) is 7.02. The molecular formula is C19H14Cl2N4O2. The highest BCUT2D eigenvalue weighted by Gasteiger charge is 2.28. The van der Waals surface area contributed by atoms with Gasteiger partial charge >= 0.3 is 0 Å². The monoisotopic (exact) mass is 400 g/mol. The van der Waals surface area contributed by atoms with Crippen molar-refractivity contribution in [1.29, 1.82) is 0 Å². The molecule has 6 nitrogen and oxygen atoms in total. The van der Waals surface area contributed by atoms with E-state index in [0.717, 1.165) is 23.1 Å². The minimum Gasteiger partial charge on any atom is -0.364 e. The number of fused-ring (bicyclic) bond motifs is 3. The lowest BCUT2D eigenvalue weighted by Gasteiger charge is -2.18. The second-order valence-electron chi connectivity index (χ2n) is 6.17. The number of hydrogen-bond acceptors (Lipinski definition) is 3. The summed E-state index contributed by atoms with van der Waals surface area (Å²) in [5.74, 6) is -1.13. The van der Waals surface area contributed by atoms with Gasteiger partial charge in [-0.25, -0.2) is 5.43 Å². The van der Waals surface area contributed by atoms with Crippen molar-refractivity contribution in [2.24, 2.45) is 5.73 Å². The number of primary amides is 1. The SMILES string of the molecule is NC(=O)c1nn(NC(=O)c2cc(Cl)ccc2Cl)c2c1CCc1ccccc1-2. The Morgan fingerprint density at radius 2 is 1.89 bits per heavy atom. The first-order valence-corrected chi connectivity index (χ1v) is 8.97. The Morgan fingerprint density at radius 3 is 2.67 bits per heavy atom. The molecule has 136 valence electrons. The van der Waals surface area contributed by atoms with Crippen molar-refractivity contribution in [2.45, 2.75) is 12.8 Å². The van der Waals surface area contributed by atoms with Crippen molar-refractivity contribution in [3.05, 3.63) is 74.9 Å². The summed E-state index contributed by atoms with van der Waals surface area (Å²) in [6.07, 6.45) is 1.38. The van der Waals surface area contributed by atoms with E-state index >= 15 is 0 Å². The molecule has 1 aromatic heterocycles. The van der Waals surface area contributed by atoms with Crippen LogP contribution in [0.5, 0.6) is 0 Å². The summed E-state index contributed by atoms with van der Waals surface area (Å²) in [6.45, 7) is 0. The smallest absolute Gasteiger partial charge is 0.272 e. The van der Waals surface area contributed by atoms with Gasteiger partial charge in [0, 0.05) is 16.1 Å². The van der Waals surface area contributed by atoms with E-state index in [4.69, 9.17) is 28.9 Å². The van der Waals surface area contributed by atoms with Gasteiger partial charge in [0.25, 0.3) is 11.8 Å². The van der Waals surface area contributed by atoms with Gasteiger partial charge in [0.05, 0.1) is 16.3 Å². The van der Waals surface area contributed by atoms with E-state index in [2.05, 4.69) is 10.5 Å². The molecule has 3 aromatic rings. The third kappa shape index (κ3) is 3.07. The van der Waals surface area contributed by atoms with Crippen molar-refractivity contribution < 1.29 is 9.59 Å². The number of halogens is 2. The molecule has 3 N–H and O–H groups in total. The first kappa shape index (κ1) is 17.6. The van der Waals surface area contributed by atoms with Gasteiger partial charge in [-0.05, 0) is 36.6 Å². The van der Waals surface area contributed by atoms with Crippen molar-refractivity contribution in [2.75, 3.05) is 5.43 Å². The molecule has 1 heterocycles. The van der Waals surface area contributed by atoms with E-state index in [0.29, 0.717) is 17.1 Å². The number of nitrogens with two attached hydrogens (primary N) is 1. The van der Waals surface area contributed by atoms with E-state index in [1.165, 1.54) is 10.9 Å². The number of nitrogens with one attached hydrogen (secondary N) is 1. The third-order valence-corrected chi connectivity index (χ3v) is 5.08. The number of carbonyl (C=O) groups excluding carboxylic acids is 2. The molecule has 0 fully saturated rings. The molecule has 0 unspecified atom stereocenters. The van der Waals surface area contributed by atoms with Crippen LogP contribution < -0.4 is 11.2 Å². The number of nitrogens with zero attached hydrogens (tertiary/aromatic N) is 2. The van der Waals surface area contributed by atoms with Gasteiger partial charge in [-0.3, -0.25) is 9.59 Å². The lowest BCUT2D eigenvalue weighted by Crippen LogP contribution is -2.26. The molecule has 0 radical (unpaired) electrons. The average molecular weight is 401 g/mol. The topological polar surface area (TPSA) is 90.0 Å². The van der Waals surface area contributed by atoms with Gasteiger partial charge in [-0.1, -0.05) is 47.5 Å². The maximum atomic E-state index is 12.7. The van der Waals surface area contributed by atoms with Gasteiger partial charge in [-0.15, -0.1) is 5.10 Å².